The predicted molar refractivity (Wildman–Crippen MR) is 67.8 cm³/mol. The summed E-state index contributed by atoms with van der Waals surface area (Å²) >= 11 is 1.72. The highest BCUT2D eigenvalue weighted by atomic mass is 32.1. The van der Waals surface area contributed by atoms with Gasteiger partial charge in [-0.2, -0.15) is 0 Å². The first-order valence-electron chi connectivity index (χ1n) is 5.84. The number of hydrogen-bond donors (Lipinski definition) is 1. The summed E-state index contributed by atoms with van der Waals surface area (Å²) in [6.07, 6.45) is 1.86. The first-order valence-corrected chi connectivity index (χ1v) is 6.72. The number of hydrogen-bond acceptors (Lipinski definition) is 5. The molecule has 0 bridgehead atoms. The SMILES string of the molecule is CN1CCN(CCNCc2nccs2)CC1. The largest absolute Gasteiger partial charge is 0.309 e. The number of likely N-dealkylation sites (N-methyl/N-ethyl adjacent to an activating group) is 1. The van der Waals surface area contributed by atoms with E-state index in [1.165, 1.54) is 31.2 Å². The van der Waals surface area contributed by atoms with Crippen LogP contribution < -0.4 is 5.32 Å². The van der Waals surface area contributed by atoms with E-state index >= 15 is 0 Å². The molecular weight excluding hydrogens is 220 g/mol. The van der Waals surface area contributed by atoms with Gasteiger partial charge in [-0.3, -0.25) is 4.90 Å². The number of piperazine rings is 1. The highest BCUT2D eigenvalue weighted by Gasteiger charge is 2.12. The maximum Gasteiger partial charge on any atom is 0.106 e. The second-order valence-electron chi connectivity index (χ2n) is 4.25. The molecule has 0 aromatic carbocycles. The van der Waals surface area contributed by atoms with Crippen molar-refractivity contribution < 1.29 is 0 Å². The van der Waals surface area contributed by atoms with E-state index in [9.17, 15) is 0 Å². The Labute approximate surface area is 101 Å². The Morgan fingerprint density at radius 2 is 2.19 bits per heavy atom. The van der Waals surface area contributed by atoms with Crippen LogP contribution in [0, 0.1) is 0 Å². The molecule has 0 unspecified atom stereocenters. The Bertz CT molecular complexity index is 280. The summed E-state index contributed by atoms with van der Waals surface area (Å²) < 4.78 is 0. The second kappa shape index (κ2) is 6.30. The van der Waals surface area contributed by atoms with Crippen LogP contribution in [0.4, 0.5) is 0 Å². The van der Waals surface area contributed by atoms with Crippen molar-refractivity contribution in [2.45, 2.75) is 6.54 Å². The van der Waals surface area contributed by atoms with E-state index in [0.717, 1.165) is 19.6 Å². The summed E-state index contributed by atoms with van der Waals surface area (Å²) in [6.45, 7) is 7.93. The van der Waals surface area contributed by atoms with Crippen LogP contribution in [-0.4, -0.2) is 61.1 Å². The molecule has 0 atom stereocenters. The highest BCUT2D eigenvalue weighted by molar-refractivity contribution is 7.09. The standard InChI is InChI=1S/C11H20N4S/c1-14-5-7-15(8-6-14)4-2-12-10-11-13-3-9-16-11/h3,9,12H,2,4-8,10H2,1H3. The van der Waals surface area contributed by atoms with Crippen LogP contribution in [0.3, 0.4) is 0 Å². The van der Waals surface area contributed by atoms with Crippen LogP contribution in [0.1, 0.15) is 5.01 Å². The van der Waals surface area contributed by atoms with E-state index < -0.39 is 0 Å². The van der Waals surface area contributed by atoms with Crippen LogP contribution >= 0.6 is 11.3 Å². The van der Waals surface area contributed by atoms with Gasteiger partial charge >= 0.3 is 0 Å². The molecule has 1 aromatic heterocycles. The molecule has 1 aliphatic heterocycles. The molecule has 1 N–H and O–H groups in total. The lowest BCUT2D eigenvalue weighted by Gasteiger charge is -2.32. The van der Waals surface area contributed by atoms with Crippen LogP contribution in [-0.2, 0) is 6.54 Å². The molecule has 5 heteroatoms. The molecule has 0 spiro atoms. The predicted octanol–water partition coefficient (Wildman–Crippen LogP) is 0.480. The van der Waals surface area contributed by atoms with Gasteiger partial charge in [0.15, 0.2) is 0 Å². The van der Waals surface area contributed by atoms with Crippen LogP contribution in [0.15, 0.2) is 11.6 Å². The van der Waals surface area contributed by atoms with E-state index in [4.69, 9.17) is 0 Å². The zero-order valence-electron chi connectivity index (χ0n) is 9.85. The first kappa shape index (κ1) is 12.0. The lowest BCUT2D eigenvalue weighted by molar-refractivity contribution is 0.154. The van der Waals surface area contributed by atoms with Gasteiger partial charge in [0.1, 0.15) is 5.01 Å². The number of aromatic nitrogens is 1. The van der Waals surface area contributed by atoms with Gasteiger partial charge in [0.25, 0.3) is 0 Å². The van der Waals surface area contributed by atoms with Gasteiger partial charge < -0.3 is 10.2 Å². The average Bonchev–Trinajstić information content (AvgIpc) is 2.80. The summed E-state index contributed by atoms with van der Waals surface area (Å²) in [5.74, 6) is 0. The Hall–Kier alpha value is -0.490. The van der Waals surface area contributed by atoms with Crippen LogP contribution in [0.25, 0.3) is 0 Å². The van der Waals surface area contributed by atoms with Crippen molar-refractivity contribution in [1.82, 2.24) is 20.1 Å². The van der Waals surface area contributed by atoms with Crippen molar-refractivity contribution in [3.8, 4) is 0 Å². The van der Waals surface area contributed by atoms with Gasteiger partial charge in [-0.15, -0.1) is 11.3 Å². The third-order valence-electron chi connectivity index (χ3n) is 2.96. The quantitative estimate of drug-likeness (QED) is 0.759. The Morgan fingerprint density at radius 1 is 1.38 bits per heavy atom. The number of rotatable bonds is 5. The van der Waals surface area contributed by atoms with E-state index in [0.29, 0.717) is 0 Å². The Morgan fingerprint density at radius 3 is 2.88 bits per heavy atom. The fourth-order valence-electron chi connectivity index (χ4n) is 1.84. The Kier molecular flexibility index (Phi) is 4.71. The smallest absolute Gasteiger partial charge is 0.106 e. The number of nitrogens with zero attached hydrogens (tertiary/aromatic N) is 3. The average molecular weight is 240 g/mol. The molecule has 0 radical (unpaired) electrons. The molecule has 0 aliphatic carbocycles. The molecule has 90 valence electrons. The minimum atomic E-state index is 0.908. The monoisotopic (exact) mass is 240 g/mol. The molecule has 1 aromatic rings. The van der Waals surface area contributed by atoms with Crippen molar-refractivity contribution in [3.05, 3.63) is 16.6 Å². The van der Waals surface area contributed by atoms with Gasteiger partial charge in [-0.1, -0.05) is 0 Å². The zero-order chi connectivity index (χ0) is 11.2. The van der Waals surface area contributed by atoms with E-state index in [2.05, 4.69) is 27.1 Å². The highest BCUT2D eigenvalue weighted by Crippen LogP contribution is 2.02. The third-order valence-corrected chi connectivity index (χ3v) is 3.74. The topological polar surface area (TPSA) is 31.4 Å². The summed E-state index contributed by atoms with van der Waals surface area (Å²) in [7, 11) is 2.19. The van der Waals surface area contributed by atoms with Gasteiger partial charge in [0.2, 0.25) is 0 Å². The van der Waals surface area contributed by atoms with E-state index in [1.807, 2.05) is 11.6 Å². The van der Waals surface area contributed by atoms with Gasteiger partial charge in [-0.25, -0.2) is 4.98 Å². The van der Waals surface area contributed by atoms with E-state index in [-0.39, 0.29) is 0 Å². The second-order valence-corrected chi connectivity index (χ2v) is 5.23. The summed E-state index contributed by atoms with van der Waals surface area (Å²) in [5.41, 5.74) is 0. The van der Waals surface area contributed by atoms with Crippen molar-refractivity contribution >= 4 is 11.3 Å². The summed E-state index contributed by atoms with van der Waals surface area (Å²) in [4.78, 5) is 9.16. The molecule has 1 aliphatic rings. The maximum absolute atomic E-state index is 4.25. The van der Waals surface area contributed by atoms with Gasteiger partial charge in [0, 0.05) is 57.4 Å². The van der Waals surface area contributed by atoms with Crippen molar-refractivity contribution in [2.75, 3.05) is 46.3 Å². The Balaban J connectivity index is 1.55. The molecule has 1 fully saturated rings. The molecule has 1 saturated heterocycles. The molecule has 16 heavy (non-hydrogen) atoms. The van der Waals surface area contributed by atoms with Gasteiger partial charge in [0.05, 0.1) is 0 Å². The maximum atomic E-state index is 4.25. The third kappa shape index (κ3) is 3.83. The van der Waals surface area contributed by atoms with Crippen molar-refractivity contribution in [2.24, 2.45) is 0 Å². The van der Waals surface area contributed by atoms with Crippen molar-refractivity contribution in [1.29, 1.82) is 0 Å². The van der Waals surface area contributed by atoms with Crippen molar-refractivity contribution in [3.63, 3.8) is 0 Å². The molecule has 2 heterocycles. The fraction of sp³-hybridized carbons (Fsp3) is 0.727. The normalized spacial score (nSPS) is 19.1. The molecule has 0 amide bonds. The minimum Gasteiger partial charge on any atom is -0.309 e. The lowest BCUT2D eigenvalue weighted by atomic mass is 10.3. The minimum absolute atomic E-state index is 0.908. The number of thiazole rings is 1. The fourth-order valence-corrected chi connectivity index (χ4v) is 2.43. The van der Waals surface area contributed by atoms with Gasteiger partial charge in [-0.05, 0) is 7.05 Å². The summed E-state index contributed by atoms with van der Waals surface area (Å²) in [5, 5.41) is 6.64. The van der Waals surface area contributed by atoms with Crippen LogP contribution in [0.5, 0.6) is 0 Å². The van der Waals surface area contributed by atoms with E-state index in [1.54, 1.807) is 11.3 Å². The van der Waals surface area contributed by atoms with Crippen LogP contribution in [0.2, 0.25) is 0 Å². The molecular formula is C11H20N4S. The number of nitrogens with one attached hydrogen (secondary N) is 1. The molecule has 4 nitrogen and oxygen atoms in total. The first-order chi connectivity index (χ1) is 7.84. The molecule has 0 saturated carbocycles. The summed E-state index contributed by atoms with van der Waals surface area (Å²) in [6, 6.07) is 0. The lowest BCUT2D eigenvalue weighted by Crippen LogP contribution is -2.46. The molecule has 2 rings (SSSR count). The zero-order valence-corrected chi connectivity index (χ0v) is 10.7.